The minimum atomic E-state index is -0.0647. The van der Waals surface area contributed by atoms with Crippen molar-refractivity contribution in [1.29, 1.82) is 0 Å². The summed E-state index contributed by atoms with van der Waals surface area (Å²) in [5.41, 5.74) is 0. The van der Waals surface area contributed by atoms with Crippen LogP contribution in [-0.4, -0.2) is 32.1 Å². The summed E-state index contributed by atoms with van der Waals surface area (Å²) < 4.78 is 6.63. The molecule has 4 nitrogen and oxygen atoms in total. The van der Waals surface area contributed by atoms with Crippen molar-refractivity contribution < 1.29 is 9.53 Å². The Morgan fingerprint density at radius 1 is 1.53 bits per heavy atom. The average molecular weight is 301 g/mol. The van der Waals surface area contributed by atoms with Crippen LogP contribution in [0.1, 0.15) is 6.92 Å². The van der Waals surface area contributed by atoms with Crippen LogP contribution in [0, 0.1) is 0 Å². The van der Waals surface area contributed by atoms with Gasteiger partial charge in [-0.15, -0.1) is 0 Å². The van der Waals surface area contributed by atoms with Gasteiger partial charge in [-0.05, 0) is 32.2 Å². The van der Waals surface area contributed by atoms with Crippen molar-refractivity contribution in [3.05, 3.63) is 28.7 Å². The van der Waals surface area contributed by atoms with E-state index < -0.39 is 0 Å². The molecule has 0 aliphatic heterocycles. The van der Waals surface area contributed by atoms with Crippen LogP contribution >= 0.6 is 15.9 Å². The SMILES string of the molecule is CNCC(=O)NCC(C)Oc1cccc(Br)c1. The first-order valence-electron chi connectivity index (χ1n) is 5.45. The molecule has 0 aliphatic carbocycles. The summed E-state index contributed by atoms with van der Waals surface area (Å²) in [6.45, 7) is 2.73. The third-order valence-corrected chi connectivity index (χ3v) is 2.55. The van der Waals surface area contributed by atoms with Crippen LogP contribution in [-0.2, 0) is 4.79 Å². The van der Waals surface area contributed by atoms with Crippen LogP contribution < -0.4 is 15.4 Å². The molecule has 1 rings (SSSR count). The molecule has 0 aliphatic rings. The maximum atomic E-state index is 11.2. The fraction of sp³-hybridized carbons (Fsp3) is 0.417. The maximum absolute atomic E-state index is 11.2. The summed E-state index contributed by atoms with van der Waals surface area (Å²) in [6, 6.07) is 7.63. The highest BCUT2D eigenvalue weighted by Crippen LogP contribution is 2.18. The van der Waals surface area contributed by atoms with Gasteiger partial charge in [0.05, 0.1) is 13.1 Å². The number of hydrogen-bond acceptors (Lipinski definition) is 3. The molecule has 0 bridgehead atoms. The molecule has 0 heterocycles. The molecule has 0 saturated carbocycles. The minimum Gasteiger partial charge on any atom is -0.489 e. The molecule has 1 aromatic carbocycles. The van der Waals surface area contributed by atoms with Crippen molar-refractivity contribution >= 4 is 21.8 Å². The van der Waals surface area contributed by atoms with Crippen LogP contribution in [0.5, 0.6) is 5.75 Å². The number of rotatable bonds is 6. The van der Waals surface area contributed by atoms with Gasteiger partial charge in [-0.3, -0.25) is 4.79 Å². The van der Waals surface area contributed by atoms with Crippen molar-refractivity contribution in [3.63, 3.8) is 0 Å². The standard InChI is InChI=1S/C12H17BrN2O2/c1-9(7-15-12(16)8-14-2)17-11-5-3-4-10(13)6-11/h3-6,9,14H,7-8H2,1-2H3,(H,15,16). The monoisotopic (exact) mass is 300 g/mol. The van der Waals surface area contributed by atoms with Gasteiger partial charge in [0.2, 0.25) is 5.91 Å². The van der Waals surface area contributed by atoms with E-state index in [-0.39, 0.29) is 12.0 Å². The smallest absolute Gasteiger partial charge is 0.234 e. The lowest BCUT2D eigenvalue weighted by Crippen LogP contribution is -2.38. The van der Waals surface area contributed by atoms with Gasteiger partial charge >= 0.3 is 0 Å². The maximum Gasteiger partial charge on any atom is 0.234 e. The molecule has 0 spiro atoms. The summed E-state index contributed by atoms with van der Waals surface area (Å²) in [5.74, 6) is 0.756. The molecule has 1 unspecified atom stereocenters. The van der Waals surface area contributed by atoms with Gasteiger partial charge in [-0.2, -0.15) is 0 Å². The summed E-state index contributed by atoms with van der Waals surface area (Å²) in [6.07, 6.45) is -0.0647. The zero-order valence-electron chi connectivity index (χ0n) is 10.00. The van der Waals surface area contributed by atoms with E-state index in [9.17, 15) is 4.79 Å². The largest absolute Gasteiger partial charge is 0.489 e. The zero-order valence-corrected chi connectivity index (χ0v) is 11.6. The number of hydrogen-bond donors (Lipinski definition) is 2. The quantitative estimate of drug-likeness (QED) is 0.838. The second-order valence-electron chi connectivity index (χ2n) is 3.72. The Labute approximate surface area is 110 Å². The highest BCUT2D eigenvalue weighted by molar-refractivity contribution is 9.10. The number of halogens is 1. The predicted molar refractivity (Wildman–Crippen MR) is 71.2 cm³/mol. The molecule has 94 valence electrons. The summed E-state index contributed by atoms with van der Waals surface area (Å²) in [4.78, 5) is 11.2. The highest BCUT2D eigenvalue weighted by atomic mass is 79.9. The molecule has 0 radical (unpaired) electrons. The fourth-order valence-corrected chi connectivity index (χ4v) is 1.67. The number of likely N-dealkylation sites (N-methyl/N-ethyl adjacent to an activating group) is 1. The molecule has 1 aromatic rings. The molecular formula is C12H17BrN2O2. The van der Waals surface area contributed by atoms with Crippen LogP contribution in [0.2, 0.25) is 0 Å². The van der Waals surface area contributed by atoms with E-state index in [1.807, 2.05) is 31.2 Å². The Morgan fingerprint density at radius 3 is 2.94 bits per heavy atom. The number of ether oxygens (including phenoxy) is 1. The van der Waals surface area contributed by atoms with E-state index in [0.717, 1.165) is 10.2 Å². The van der Waals surface area contributed by atoms with Gasteiger partial charge in [-0.25, -0.2) is 0 Å². The number of carbonyl (C=O) groups excluding carboxylic acids is 1. The lowest BCUT2D eigenvalue weighted by molar-refractivity contribution is -0.120. The Morgan fingerprint density at radius 2 is 2.29 bits per heavy atom. The molecule has 0 fully saturated rings. The second-order valence-corrected chi connectivity index (χ2v) is 4.64. The topological polar surface area (TPSA) is 50.4 Å². The van der Waals surface area contributed by atoms with Gasteiger partial charge in [0, 0.05) is 4.47 Å². The third-order valence-electron chi connectivity index (χ3n) is 2.06. The Bertz CT molecular complexity index is 371. The van der Waals surface area contributed by atoms with E-state index >= 15 is 0 Å². The van der Waals surface area contributed by atoms with E-state index in [0.29, 0.717) is 13.1 Å². The average Bonchev–Trinajstić information content (AvgIpc) is 2.27. The van der Waals surface area contributed by atoms with E-state index in [1.54, 1.807) is 7.05 Å². The molecule has 17 heavy (non-hydrogen) atoms. The highest BCUT2D eigenvalue weighted by Gasteiger charge is 2.06. The van der Waals surface area contributed by atoms with E-state index in [1.165, 1.54) is 0 Å². The molecule has 5 heteroatoms. The Kier molecular flexibility index (Phi) is 6.00. The first-order chi connectivity index (χ1) is 8.11. The molecule has 0 saturated heterocycles. The molecule has 1 atom stereocenters. The summed E-state index contributed by atoms with van der Waals surface area (Å²) in [7, 11) is 1.74. The number of amides is 1. The van der Waals surface area contributed by atoms with Gasteiger partial charge in [0.1, 0.15) is 11.9 Å². The van der Waals surface area contributed by atoms with E-state index in [2.05, 4.69) is 26.6 Å². The Balaban J connectivity index is 2.34. The van der Waals surface area contributed by atoms with Crippen molar-refractivity contribution in [2.24, 2.45) is 0 Å². The van der Waals surface area contributed by atoms with Crippen molar-refractivity contribution in [2.75, 3.05) is 20.1 Å². The minimum absolute atomic E-state index is 0.0304. The lowest BCUT2D eigenvalue weighted by Gasteiger charge is -2.15. The van der Waals surface area contributed by atoms with Crippen LogP contribution in [0.3, 0.4) is 0 Å². The van der Waals surface area contributed by atoms with E-state index in [4.69, 9.17) is 4.74 Å². The zero-order chi connectivity index (χ0) is 12.7. The summed E-state index contributed by atoms with van der Waals surface area (Å²) >= 11 is 3.38. The first kappa shape index (κ1) is 14.0. The van der Waals surface area contributed by atoms with Crippen molar-refractivity contribution in [2.45, 2.75) is 13.0 Å². The van der Waals surface area contributed by atoms with Gasteiger partial charge in [0.15, 0.2) is 0 Å². The number of carbonyl (C=O) groups is 1. The molecule has 1 amide bonds. The molecular weight excluding hydrogens is 284 g/mol. The van der Waals surface area contributed by atoms with Gasteiger partial charge < -0.3 is 15.4 Å². The molecule has 2 N–H and O–H groups in total. The number of nitrogens with one attached hydrogen (secondary N) is 2. The van der Waals surface area contributed by atoms with Crippen LogP contribution in [0.25, 0.3) is 0 Å². The van der Waals surface area contributed by atoms with Gasteiger partial charge in [0.25, 0.3) is 0 Å². The fourth-order valence-electron chi connectivity index (χ4n) is 1.29. The first-order valence-corrected chi connectivity index (χ1v) is 6.24. The summed E-state index contributed by atoms with van der Waals surface area (Å²) in [5, 5.41) is 5.57. The van der Waals surface area contributed by atoms with Crippen LogP contribution in [0.15, 0.2) is 28.7 Å². The van der Waals surface area contributed by atoms with Gasteiger partial charge in [-0.1, -0.05) is 22.0 Å². The molecule has 0 aromatic heterocycles. The number of benzene rings is 1. The van der Waals surface area contributed by atoms with Crippen LogP contribution in [0.4, 0.5) is 0 Å². The van der Waals surface area contributed by atoms with Crippen molar-refractivity contribution in [3.8, 4) is 5.75 Å². The Hall–Kier alpha value is -1.07. The second kappa shape index (κ2) is 7.29. The normalized spacial score (nSPS) is 11.9. The third kappa shape index (κ3) is 5.70. The predicted octanol–water partition coefficient (Wildman–Crippen LogP) is 1.55. The van der Waals surface area contributed by atoms with Crippen molar-refractivity contribution in [1.82, 2.24) is 10.6 Å². The lowest BCUT2D eigenvalue weighted by atomic mass is 10.3.